The second kappa shape index (κ2) is 9.82. The number of hydrogen-bond donors (Lipinski definition) is 3. The van der Waals surface area contributed by atoms with E-state index in [2.05, 4.69) is 20.2 Å². The molecule has 2 aromatic carbocycles. The fraction of sp³-hybridized carbons (Fsp3) is 0.310. The smallest absolute Gasteiger partial charge is 0.301 e. The average molecular weight is 597 g/mol. The third kappa shape index (κ3) is 4.52. The van der Waals surface area contributed by atoms with Crippen LogP contribution in [0.3, 0.4) is 0 Å². The minimum Gasteiger partial charge on any atom is -0.370 e. The van der Waals surface area contributed by atoms with Crippen LogP contribution in [-0.2, 0) is 10.2 Å². The highest BCUT2D eigenvalue weighted by atomic mass is 32.2. The molecule has 9 nitrogen and oxygen atoms in total. The zero-order valence-electron chi connectivity index (χ0n) is 22.3. The highest BCUT2D eigenvalue weighted by molar-refractivity contribution is 7.90. The average Bonchev–Trinajstić information content (AvgIpc) is 3.55. The number of aromatic nitrogens is 2. The van der Waals surface area contributed by atoms with Gasteiger partial charge in [-0.25, -0.2) is 18.2 Å². The molecular weight excluding hydrogens is 569 g/mol. The Morgan fingerprint density at radius 2 is 1.83 bits per heavy atom. The Morgan fingerprint density at radius 1 is 1.07 bits per heavy atom. The maximum atomic E-state index is 15.5. The summed E-state index contributed by atoms with van der Waals surface area (Å²) in [5.74, 6) is -3.49. The number of aromatic amines is 1. The molecule has 3 aliphatic rings. The predicted molar refractivity (Wildman–Crippen MR) is 152 cm³/mol. The number of nitrogens with zero attached hydrogens (tertiary/aromatic N) is 3. The van der Waals surface area contributed by atoms with Gasteiger partial charge >= 0.3 is 10.2 Å². The maximum Gasteiger partial charge on any atom is 0.301 e. The summed E-state index contributed by atoms with van der Waals surface area (Å²) < 4.78 is 72.1. The molecule has 4 aromatic rings. The summed E-state index contributed by atoms with van der Waals surface area (Å²) in [7, 11) is -4.31. The number of H-pyrrole nitrogens is 1. The predicted octanol–water partition coefficient (Wildman–Crippen LogP) is 3.85. The molecule has 1 unspecified atom stereocenters. The summed E-state index contributed by atoms with van der Waals surface area (Å²) >= 11 is 0. The van der Waals surface area contributed by atoms with Crippen molar-refractivity contribution in [3.05, 3.63) is 77.6 Å². The molecule has 1 spiro atoms. The fourth-order valence-electron chi connectivity index (χ4n) is 5.95. The zero-order chi connectivity index (χ0) is 29.2. The second-order valence-electron chi connectivity index (χ2n) is 11.3. The van der Waals surface area contributed by atoms with Gasteiger partial charge in [0, 0.05) is 79.3 Å². The molecule has 3 aliphatic heterocycles. The fourth-order valence-corrected chi connectivity index (χ4v) is 7.21. The number of hydrogen-bond acceptors (Lipinski definition) is 6. The summed E-state index contributed by atoms with van der Waals surface area (Å²) in [6.45, 7) is 3.71. The normalized spacial score (nSPS) is 20.1. The molecule has 7 rings (SSSR count). The van der Waals surface area contributed by atoms with Crippen molar-refractivity contribution in [1.82, 2.24) is 19.6 Å². The van der Waals surface area contributed by atoms with E-state index < -0.39 is 45.0 Å². The number of anilines is 2. The van der Waals surface area contributed by atoms with Gasteiger partial charge in [-0.1, -0.05) is 12.1 Å². The molecule has 0 aliphatic carbocycles. The van der Waals surface area contributed by atoms with E-state index in [-0.39, 0.29) is 25.1 Å². The van der Waals surface area contributed by atoms with Crippen molar-refractivity contribution in [2.24, 2.45) is 5.41 Å². The van der Waals surface area contributed by atoms with Gasteiger partial charge in [0.1, 0.15) is 17.6 Å². The molecule has 2 aromatic heterocycles. The van der Waals surface area contributed by atoms with E-state index in [0.717, 1.165) is 53.9 Å². The third-order valence-corrected chi connectivity index (χ3v) is 9.87. The van der Waals surface area contributed by atoms with Gasteiger partial charge in [0.25, 0.3) is 0 Å². The minimum atomic E-state index is -4.31. The highest BCUT2D eigenvalue weighted by Crippen LogP contribution is 2.38. The first-order valence-corrected chi connectivity index (χ1v) is 15.0. The lowest BCUT2D eigenvalue weighted by molar-refractivity contribution is 0.103. The number of pyridine rings is 1. The van der Waals surface area contributed by atoms with Crippen molar-refractivity contribution in [2.75, 3.05) is 48.9 Å². The van der Waals surface area contributed by atoms with Crippen molar-refractivity contribution >= 4 is 38.4 Å². The van der Waals surface area contributed by atoms with E-state index in [0.29, 0.717) is 22.0 Å². The monoisotopic (exact) mass is 596 g/mol. The van der Waals surface area contributed by atoms with E-state index in [1.54, 1.807) is 12.3 Å². The molecule has 3 N–H and O–H groups in total. The molecule has 218 valence electrons. The largest absolute Gasteiger partial charge is 0.370 e. The Bertz CT molecular complexity index is 1820. The number of alkyl halides is 1. The van der Waals surface area contributed by atoms with Crippen LogP contribution in [0.5, 0.6) is 0 Å². The zero-order valence-corrected chi connectivity index (χ0v) is 23.1. The molecular formula is C29H27F3N6O3S. The number of ketones is 1. The first-order chi connectivity index (χ1) is 20.1. The highest BCUT2D eigenvalue weighted by Gasteiger charge is 2.47. The van der Waals surface area contributed by atoms with Crippen LogP contribution in [0.25, 0.3) is 22.2 Å². The molecule has 3 saturated heterocycles. The standard InChI is InChI=1S/C29H27F3N6O3S/c30-19-7-8-38(12-19)42(40,41)36-24-6-5-23(31)25(26(24)32)27(39)22-11-35-28-21(22)9-18(10-34-28)17-1-3-20(4-2-17)37-15-29(16-37)13-33-14-29/h1-6,9-11,19,33,36H,7-8,12-16H2,(H,34,35). The lowest BCUT2D eigenvalue weighted by Gasteiger charge is -2.57. The molecule has 13 heteroatoms. The molecule has 0 bridgehead atoms. The summed E-state index contributed by atoms with van der Waals surface area (Å²) in [6, 6.07) is 11.4. The molecule has 0 amide bonds. The number of halogens is 3. The Kier molecular flexibility index (Phi) is 6.29. The topological polar surface area (TPSA) is 110 Å². The van der Waals surface area contributed by atoms with Crippen molar-refractivity contribution in [3.8, 4) is 11.1 Å². The minimum absolute atomic E-state index is 0.0198. The summed E-state index contributed by atoms with van der Waals surface area (Å²) in [5, 5.41) is 3.69. The maximum absolute atomic E-state index is 15.5. The van der Waals surface area contributed by atoms with E-state index >= 15 is 4.39 Å². The summed E-state index contributed by atoms with van der Waals surface area (Å²) in [6.07, 6.45) is 1.67. The lowest BCUT2D eigenvalue weighted by atomic mass is 9.74. The van der Waals surface area contributed by atoms with Gasteiger partial charge in [0.2, 0.25) is 5.78 Å². The van der Waals surface area contributed by atoms with Gasteiger partial charge in [-0.2, -0.15) is 12.7 Å². The van der Waals surface area contributed by atoms with Crippen LogP contribution in [0.15, 0.2) is 54.9 Å². The summed E-state index contributed by atoms with van der Waals surface area (Å²) in [4.78, 5) is 23.1. The van der Waals surface area contributed by atoms with E-state index in [4.69, 9.17) is 0 Å². The van der Waals surface area contributed by atoms with Crippen LogP contribution in [0, 0.1) is 17.0 Å². The van der Waals surface area contributed by atoms with Crippen molar-refractivity contribution in [3.63, 3.8) is 0 Å². The number of carbonyl (C=O) groups is 1. The Morgan fingerprint density at radius 3 is 2.50 bits per heavy atom. The molecule has 3 fully saturated rings. The number of fused-ring (bicyclic) bond motifs is 1. The summed E-state index contributed by atoms with van der Waals surface area (Å²) in [5.41, 5.74) is 1.91. The van der Waals surface area contributed by atoms with Crippen molar-refractivity contribution < 1.29 is 26.4 Å². The molecule has 0 saturated carbocycles. The quantitative estimate of drug-likeness (QED) is 0.280. The van der Waals surface area contributed by atoms with Crippen LogP contribution in [0.1, 0.15) is 22.3 Å². The molecule has 1 atom stereocenters. The Balaban J connectivity index is 1.16. The first-order valence-electron chi connectivity index (χ1n) is 13.6. The number of rotatable bonds is 7. The van der Waals surface area contributed by atoms with Crippen LogP contribution in [-0.4, -0.2) is 73.9 Å². The van der Waals surface area contributed by atoms with Gasteiger partial charge in [0.15, 0.2) is 5.82 Å². The van der Waals surface area contributed by atoms with Gasteiger partial charge in [-0.05, 0) is 42.3 Å². The first kappa shape index (κ1) is 26.9. The van der Waals surface area contributed by atoms with Crippen molar-refractivity contribution in [2.45, 2.75) is 12.6 Å². The van der Waals surface area contributed by atoms with E-state index in [1.165, 1.54) is 6.20 Å². The van der Waals surface area contributed by atoms with Gasteiger partial charge < -0.3 is 15.2 Å². The van der Waals surface area contributed by atoms with Gasteiger partial charge in [-0.3, -0.25) is 9.52 Å². The van der Waals surface area contributed by atoms with Gasteiger partial charge in [-0.15, -0.1) is 0 Å². The lowest BCUT2D eigenvalue weighted by Crippen LogP contribution is -2.71. The second-order valence-corrected chi connectivity index (χ2v) is 13.0. The van der Waals surface area contributed by atoms with Crippen LogP contribution >= 0.6 is 0 Å². The van der Waals surface area contributed by atoms with Crippen LogP contribution in [0.4, 0.5) is 24.5 Å². The van der Waals surface area contributed by atoms with Crippen molar-refractivity contribution in [1.29, 1.82) is 0 Å². The molecule has 42 heavy (non-hydrogen) atoms. The van der Waals surface area contributed by atoms with E-state index in [1.807, 2.05) is 29.0 Å². The Labute approximate surface area is 239 Å². The number of carbonyl (C=O) groups excluding carboxylic acids is 1. The third-order valence-electron chi connectivity index (χ3n) is 8.38. The molecule has 5 heterocycles. The number of nitrogens with one attached hydrogen (secondary N) is 3. The van der Waals surface area contributed by atoms with E-state index in [9.17, 15) is 22.0 Å². The Hall–Kier alpha value is -3.94. The van der Waals surface area contributed by atoms with Gasteiger partial charge in [0.05, 0.1) is 11.3 Å². The number of benzene rings is 2. The SMILES string of the molecule is O=C(c1c(F)ccc(NS(=O)(=O)N2CCC(F)C2)c1F)c1c[nH]c2ncc(-c3ccc(N4CC5(CNC5)C4)cc3)cc12. The molecule has 0 radical (unpaired) electrons. The van der Waals surface area contributed by atoms with Crippen LogP contribution < -0.4 is 14.9 Å². The van der Waals surface area contributed by atoms with Crippen LogP contribution in [0.2, 0.25) is 0 Å².